The van der Waals surface area contributed by atoms with Gasteiger partial charge in [0.2, 0.25) is 5.91 Å². The lowest BCUT2D eigenvalue weighted by Gasteiger charge is -2.14. The van der Waals surface area contributed by atoms with Gasteiger partial charge in [-0.25, -0.2) is 0 Å². The summed E-state index contributed by atoms with van der Waals surface area (Å²) in [6.07, 6.45) is -0.348. The van der Waals surface area contributed by atoms with Crippen LogP contribution in [0.1, 0.15) is 18.9 Å². The van der Waals surface area contributed by atoms with Crippen LogP contribution in [-0.2, 0) is 11.8 Å². The fourth-order valence-corrected chi connectivity index (χ4v) is 3.77. The van der Waals surface area contributed by atoms with E-state index in [1.54, 1.807) is 34.9 Å². The Morgan fingerprint density at radius 3 is 2.72 bits per heavy atom. The average molecular weight is 472 g/mol. The fourth-order valence-electron chi connectivity index (χ4n) is 2.52. The van der Waals surface area contributed by atoms with E-state index >= 15 is 0 Å². The third-order valence-electron chi connectivity index (χ3n) is 3.90. The van der Waals surface area contributed by atoms with Crippen LogP contribution in [0, 0.1) is 0 Å². The molecule has 0 saturated heterocycles. The number of hydrogen-bond donors (Lipinski definition) is 1. The molecule has 1 amide bonds. The normalized spacial score (nSPS) is 11.9. The summed E-state index contributed by atoms with van der Waals surface area (Å²) >= 11 is 19.3. The standard InChI is InChI=1S/C19H17Cl3N4O2S/c1-11(28-13-6-3-5-12(20)9-13)18-24-25-19(26(18)2)29-10-16(27)23-15-8-4-7-14(21)17(15)22/h3-9,11H,10H2,1-2H3,(H,23,27). The molecule has 1 N–H and O–H groups in total. The van der Waals surface area contributed by atoms with Crippen LogP contribution >= 0.6 is 46.6 Å². The minimum atomic E-state index is -0.348. The molecule has 3 rings (SSSR count). The summed E-state index contributed by atoms with van der Waals surface area (Å²) in [6, 6.07) is 12.2. The largest absolute Gasteiger partial charge is 0.483 e. The SMILES string of the molecule is CC(Oc1cccc(Cl)c1)c1nnc(SCC(=O)Nc2cccc(Cl)c2Cl)n1C. The van der Waals surface area contributed by atoms with Crippen molar-refractivity contribution in [3.63, 3.8) is 0 Å². The third-order valence-corrected chi connectivity index (χ3v) is 5.97. The van der Waals surface area contributed by atoms with Crippen LogP contribution in [0.25, 0.3) is 0 Å². The molecule has 0 radical (unpaired) electrons. The molecule has 10 heteroatoms. The lowest BCUT2D eigenvalue weighted by atomic mass is 10.3. The van der Waals surface area contributed by atoms with Gasteiger partial charge in [-0.15, -0.1) is 10.2 Å². The number of ether oxygens (including phenoxy) is 1. The molecule has 1 aromatic heterocycles. The van der Waals surface area contributed by atoms with Gasteiger partial charge in [-0.05, 0) is 37.3 Å². The molecule has 0 spiro atoms. The Bertz CT molecular complexity index is 1030. The van der Waals surface area contributed by atoms with E-state index < -0.39 is 0 Å². The number of nitrogens with one attached hydrogen (secondary N) is 1. The Morgan fingerprint density at radius 2 is 1.97 bits per heavy atom. The van der Waals surface area contributed by atoms with E-state index in [0.717, 1.165) is 0 Å². The molecule has 0 fully saturated rings. The molecule has 1 unspecified atom stereocenters. The minimum Gasteiger partial charge on any atom is -0.483 e. The molecule has 1 atom stereocenters. The maximum Gasteiger partial charge on any atom is 0.234 e. The number of hydrogen-bond acceptors (Lipinski definition) is 5. The van der Waals surface area contributed by atoms with Crippen LogP contribution in [0.15, 0.2) is 47.6 Å². The Hall–Kier alpha value is -1.93. The zero-order valence-electron chi connectivity index (χ0n) is 15.5. The van der Waals surface area contributed by atoms with Crippen molar-refractivity contribution in [3.05, 3.63) is 63.4 Å². The number of anilines is 1. The first kappa shape index (κ1) is 21.8. The number of benzene rings is 2. The second kappa shape index (κ2) is 9.71. The van der Waals surface area contributed by atoms with Gasteiger partial charge in [0, 0.05) is 12.1 Å². The van der Waals surface area contributed by atoms with E-state index in [1.165, 1.54) is 11.8 Å². The Kier molecular flexibility index (Phi) is 7.29. The highest BCUT2D eigenvalue weighted by Crippen LogP contribution is 2.30. The molecule has 0 aliphatic carbocycles. The van der Waals surface area contributed by atoms with E-state index in [1.807, 2.05) is 26.1 Å². The first-order chi connectivity index (χ1) is 13.8. The first-order valence-corrected chi connectivity index (χ1v) is 10.6. The third kappa shape index (κ3) is 5.57. The van der Waals surface area contributed by atoms with Gasteiger partial charge in [0.1, 0.15) is 5.75 Å². The summed E-state index contributed by atoms with van der Waals surface area (Å²) in [7, 11) is 1.82. The van der Waals surface area contributed by atoms with Crippen molar-refractivity contribution in [2.24, 2.45) is 7.05 Å². The van der Waals surface area contributed by atoms with Crippen LogP contribution in [0.5, 0.6) is 5.75 Å². The average Bonchev–Trinajstić information content (AvgIpc) is 3.04. The molecule has 6 nitrogen and oxygen atoms in total. The van der Waals surface area contributed by atoms with Gasteiger partial charge < -0.3 is 14.6 Å². The lowest BCUT2D eigenvalue weighted by Crippen LogP contribution is -2.15. The summed E-state index contributed by atoms with van der Waals surface area (Å²) in [5, 5.41) is 12.9. The Morgan fingerprint density at radius 1 is 1.21 bits per heavy atom. The summed E-state index contributed by atoms with van der Waals surface area (Å²) in [4.78, 5) is 12.2. The van der Waals surface area contributed by atoms with E-state index in [0.29, 0.717) is 37.5 Å². The van der Waals surface area contributed by atoms with Gasteiger partial charge in [0.05, 0.1) is 21.5 Å². The molecule has 2 aromatic carbocycles. The number of nitrogens with zero attached hydrogens (tertiary/aromatic N) is 3. The van der Waals surface area contributed by atoms with Gasteiger partial charge >= 0.3 is 0 Å². The number of thioether (sulfide) groups is 1. The van der Waals surface area contributed by atoms with Crippen molar-refractivity contribution >= 4 is 58.2 Å². The van der Waals surface area contributed by atoms with Gasteiger partial charge in [0.25, 0.3) is 0 Å². The monoisotopic (exact) mass is 470 g/mol. The van der Waals surface area contributed by atoms with E-state index in [2.05, 4.69) is 15.5 Å². The molecule has 29 heavy (non-hydrogen) atoms. The predicted molar refractivity (Wildman–Crippen MR) is 117 cm³/mol. The zero-order chi connectivity index (χ0) is 21.0. The maximum absolute atomic E-state index is 12.2. The van der Waals surface area contributed by atoms with Crippen molar-refractivity contribution < 1.29 is 9.53 Å². The summed E-state index contributed by atoms with van der Waals surface area (Å²) in [5.41, 5.74) is 0.465. The van der Waals surface area contributed by atoms with Crippen LogP contribution in [-0.4, -0.2) is 26.4 Å². The number of rotatable bonds is 7. The number of halogens is 3. The molecule has 3 aromatic rings. The second-order valence-electron chi connectivity index (χ2n) is 6.06. The molecule has 0 saturated carbocycles. The van der Waals surface area contributed by atoms with Crippen molar-refractivity contribution in [2.75, 3.05) is 11.1 Å². The highest BCUT2D eigenvalue weighted by atomic mass is 35.5. The van der Waals surface area contributed by atoms with Crippen molar-refractivity contribution in [2.45, 2.75) is 18.2 Å². The molecule has 0 aliphatic heterocycles. The van der Waals surface area contributed by atoms with Crippen LogP contribution in [0.3, 0.4) is 0 Å². The molecule has 0 bridgehead atoms. The van der Waals surface area contributed by atoms with Crippen LogP contribution in [0.4, 0.5) is 5.69 Å². The fraction of sp³-hybridized carbons (Fsp3) is 0.211. The first-order valence-electron chi connectivity index (χ1n) is 8.53. The molecular formula is C19H17Cl3N4O2S. The van der Waals surface area contributed by atoms with Crippen molar-refractivity contribution in [1.82, 2.24) is 14.8 Å². The number of amides is 1. The van der Waals surface area contributed by atoms with Gasteiger partial charge in [-0.1, -0.05) is 58.7 Å². The quantitative estimate of drug-likeness (QED) is 0.451. The lowest BCUT2D eigenvalue weighted by molar-refractivity contribution is -0.113. The molecule has 152 valence electrons. The van der Waals surface area contributed by atoms with Crippen LogP contribution < -0.4 is 10.1 Å². The van der Waals surface area contributed by atoms with E-state index in [9.17, 15) is 4.79 Å². The number of carbonyl (C=O) groups is 1. The predicted octanol–water partition coefficient (Wildman–Crippen LogP) is 5.65. The Labute approximate surface area is 187 Å². The second-order valence-corrected chi connectivity index (χ2v) is 8.22. The summed E-state index contributed by atoms with van der Waals surface area (Å²) in [5.74, 6) is 1.18. The molecule has 1 heterocycles. The zero-order valence-corrected chi connectivity index (χ0v) is 18.6. The number of carbonyl (C=O) groups excluding carboxylic acids is 1. The van der Waals surface area contributed by atoms with Gasteiger partial charge in [-0.3, -0.25) is 4.79 Å². The smallest absolute Gasteiger partial charge is 0.234 e. The highest BCUT2D eigenvalue weighted by molar-refractivity contribution is 7.99. The van der Waals surface area contributed by atoms with Gasteiger partial charge in [0.15, 0.2) is 17.1 Å². The van der Waals surface area contributed by atoms with Crippen LogP contribution in [0.2, 0.25) is 15.1 Å². The van der Waals surface area contributed by atoms with E-state index in [4.69, 9.17) is 39.5 Å². The van der Waals surface area contributed by atoms with Crippen molar-refractivity contribution in [3.8, 4) is 5.75 Å². The van der Waals surface area contributed by atoms with Crippen molar-refractivity contribution in [1.29, 1.82) is 0 Å². The summed E-state index contributed by atoms with van der Waals surface area (Å²) in [6.45, 7) is 1.87. The summed E-state index contributed by atoms with van der Waals surface area (Å²) < 4.78 is 7.67. The van der Waals surface area contributed by atoms with Gasteiger partial charge in [-0.2, -0.15) is 0 Å². The Balaban J connectivity index is 1.60. The number of aromatic nitrogens is 3. The molecular weight excluding hydrogens is 455 g/mol. The molecule has 0 aliphatic rings. The topological polar surface area (TPSA) is 69.0 Å². The maximum atomic E-state index is 12.2. The minimum absolute atomic E-state index is 0.137. The van der Waals surface area contributed by atoms with E-state index in [-0.39, 0.29) is 17.8 Å². The highest BCUT2D eigenvalue weighted by Gasteiger charge is 2.18.